The van der Waals surface area contributed by atoms with Crippen molar-refractivity contribution < 1.29 is 27.6 Å². The van der Waals surface area contributed by atoms with Crippen LogP contribution in [0.1, 0.15) is 29.5 Å². The molecule has 7 nitrogen and oxygen atoms in total. The number of hydrogen-bond donors (Lipinski definition) is 3. The van der Waals surface area contributed by atoms with Gasteiger partial charge in [-0.2, -0.15) is 13.2 Å². The Hall–Kier alpha value is -2.95. The highest BCUT2D eigenvalue weighted by Gasteiger charge is 2.41. The zero-order valence-corrected chi connectivity index (χ0v) is 20.4. The SMILES string of the molecule is O=C(NCc1ccc(C(F)(F)F)cc1)C1=CC2(CCN(C(=O)NCc3ccc(Cl)c(Cl)c3)CC2)ON1. The number of likely N-dealkylation sites (tertiary alicyclic amines) is 1. The largest absolute Gasteiger partial charge is 0.416 e. The number of urea groups is 1. The average Bonchev–Trinajstić information content (AvgIpc) is 3.26. The van der Waals surface area contributed by atoms with Gasteiger partial charge in [-0.1, -0.05) is 41.4 Å². The molecule has 0 radical (unpaired) electrons. The molecule has 192 valence electrons. The van der Waals surface area contributed by atoms with Gasteiger partial charge in [0.05, 0.1) is 15.6 Å². The second kappa shape index (κ2) is 10.6. The highest BCUT2D eigenvalue weighted by Crippen LogP contribution is 2.32. The van der Waals surface area contributed by atoms with E-state index in [1.807, 2.05) is 0 Å². The van der Waals surface area contributed by atoms with Crippen LogP contribution in [0.2, 0.25) is 10.0 Å². The first-order valence-electron chi connectivity index (χ1n) is 11.1. The monoisotopic (exact) mass is 542 g/mol. The van der Waals surface area contributed by atoms with Crippen molar-refractivity contribution in [3.63, 3.8) is 0 Å². The van der Waals surface area contributed by atoms with E-state index in [-0.39, 0.29) is 18.3 Å². The molecule has 2 aromatic carbocycles. The predicted octanol–water partition coefficient (Wildman–Crippen LogP) is 4.79. The fourth-order valence-electron chi connectivity index (χ4n) is 3.95. The summed E-state index contributed by atoms with van der Waals surface area (Å²) in [6.07, 6.45) is -1.75. The van der Waals surface area contributed by atoms with Crippen LogP contribution in [0.4, 0.5) is 18.0 Å². The lowest BCUT2D eigenvalue weighted by Crippen LogP contribution is -2.49. The number of carbonyl (C=O) groups is 2. The highest BCUT2D eigenvalue weighted by atomic mass is 35.5. The van der Waals surface area contributed by atoms with Crippen molar-refractivity contribution >= 4 is 35.1 Å². The van der Waals surface area contributed by atoms with E-state index in [1.54, 1.807) is 29.2 Å². The number of nitrogens with zero attached hydrogens (tertiary/aromatic N) is 1. The molecule has 3 N–H and O–H groups in total. The quantitative estimate of drug-likeness (QED) is 0.507. The van der Waals surface area contributed by atoms with Gasteiger partial charge >= 0.3 is 12.2 Å². The number of carbonyl (C=O) groups excluding carboxylic acids is 2. The van der Waals surface area contributed by atoms with E-state index in [1.165, 1.54) is 12.1 Å². The summed E-state index contributed by atoms with van der Waals surface area (Å²) in [4.78, 5) is 32.4. The van der Waals surface area contributed by atoms with Crippen LogP contribution in [0.25, 0.3) is 0 Å². The van der Waals surface area contributed by atoms with E-state index in [0.717, 1.165) is 17.7 Å². The van der Waals surface area contributed by atoms with Crippen LogP contribution in [-0.4, -0.2) is 35.5 Å². The number of hydroxylamine groups is 1. The second-order valence-electron chi connectivity index (χ2n) is 8.60. The number of alkyl halides is 3. The first-order valence-corrected chi connectivity index (χ1v) is 11.9. The first-order chi connectivity index (χ1) is 17.0. The standard InChI is InChI=1S/C24H23Cl2F3N4O3/c25-18-6-3-16(11-19(18)26)14-31-22(35)33-9-7-23(8-10-33)12-20(32-36-23)21(34)30-13-15-1-4-17(5-2-15)24(27,28)29/h1-6,11-12,32H,7-10,13-14H2,(H,30,34)(H,31,35). The topological polar surface area (TPSA) is 82.7 Å². The normalized spacial score (nSPS) is 16.9. The number of halogens is 5. The molecule has 1 saturated heterocycles. The predicted molar refractivity (Wildman–Crippen MR) is 128 cm³/mol. The van der Waals surface area contributed by atoms with E-state index >= 15 is 0 Å². The van der Waals surface area contributed by atoms with Crippen LogP contribution in [0.15, 0.2) is 54.2 Å². The number of benzene rings is 2. The summed E-state index contributed by atoms with van der Waals surface area (Å²) in [5.41, 5.74) is 2.75. The van der Waals surface area contributed by atoms with E-state index in [4.69, 9.17) is 28.0 Å². The summed E-state index contributed by atoms with van der Waals surface area (Å²) in [6.45, 7) is 1.21. The van der Waals surface area contributed by atoms with Gasteiger partial charge in [0.2, 0.25) is 0 Å². The molecular weight excluding hydrogens is 520 g/mol. The average molecular weight is 543 g/mol. The molecule has 0 unspecified atom stereocenters. The third-order valence-corrected chi connectivity index (χ3v) is 6.81. The molecule has 36 heavy (non-hydrogen) atoms. The molecule has 1 spiro atoms. The maximum absolute atomic E-state index is 12.7. The van der Waals surface area contributed by atoms with Crippen LogP contribution in [0.5, 0.6) is 0 Å². The lowest BCUT2D eigenvalue weighted by molar-refractivity contribution is -0.137. The second-order valence-corrected chi connectivity index (χ2v) is 9.41. The minimum atomic E-state index is -4.41. The maximum Gasteiger partial charge on any atom is 0.416 e. The van der Waals surface area contributed by atoms with Crippen LogP contribution in [0, 0.1) is 0 Å². The summed E-state index contributed by atoms with van der Waals surface area (Å²) in [6, 6.07) is 9.52. The van der Waals surface area contributed by atoms with Gasteiger partial charge in [-0.05, 0) is 41.5 Å². The zero-order valence-electron chi connectivity index (χ0n) is 18.9. The number of amides is 3. The van der Waals surface area contributed by atoms with Crippen molar-refractivity contribution in [3.05, 3.63) is 81.0 Å². The molecule has 0 aromatic heterocycles. The molecule has 1 fully saturated rings. The van der Waals surface area contributed by atoms with Gasteiger partial charge in [-0.25, -0.2) is 4.79 Å². The summed E-state index contributed by atoms with van der Waals surface area (Å²) >= 11 is 11.9. The van der Waals surface area contributed by atoms with Gasteiger partial charge < -0.3 is 15.5 Å². The highest BCUT2D eigenvalue weighted by molar-refractivity contribution is 6.42. The zero-order chi connectivity index (χ0) is 25.9. The van der Waals surface area contributed by atoms with Crippen LogP contribution >= 0.6 is 23.2 Å². The number of piperidine rings is 1. The fraction of sp³-hybridized carbons (Fsp3) is 0.333. The Morgan fingerprint density at radius 2 is 1.61 bits per heavy atom. The van der Waals surface area contributed by atoms with Crippen molar-refractivity contribution in [2.75, 3.05) is 13.1 Å². The van der Waals surface area contributed by atoms with E-state index in [0.29, 0.717) is 48.1 Å². The van der Waals surface area contributed by atoms with Crippen molar-refractivity contribution in [1.29, 1.82) is 0 Å². The van der Waals surface area contributed by atoms with Crippen molar-refractivity contribution in [1.82, 2.24) is 21.0 Å². The lowest BCUT2D eigenvalue weighted by Gasteiger charge is -2.36. The third-order valence-electron chi connectivity index (χ3n) is 6.08. The van der Waals surface area contributed by atoms with Gasteiger partial charge in [-0.15, -0.1) is 0 Å². The van der Waals surface area contributed by atoms with E-state index < -0.39 is 23.2 Å². The summed E-state index contributed by atoms with van der Waals surface area (Å²) < 4.78 is 38.0. The number of rotatable bonds is 5. The lowest BCUT2D eigenvalue weighted by atomic mass is 9.91. The van der Waals surface area contributed by atoms with E-state index in [2.05, 4.69) is 16.1 Å². The Balaban J connectivity index is 1.25. The number of nitrogens with one attached hydrogen (secondary N) is 3. The third kappa shape index (κ3) is 6.24. The fourth-order valence-corrected chi connectivity index (χ4v) is 4.27. The van der Waals surface area contributed by atoms with Crippen LogP contribution < -0.4 is 16.1 Å². The van der Waals surface area contributed by atoms with Gasteiger partial charge in [-0.3, -0.25) is 15.1 Å². The molecule has 0 saturated carbocycles. The van der Waals surface area contributed by atoms with Gasteiger partial charge in [0.1, 0.15) is 11.3 Å². The number of hydrogen-bond acceptors (Lipinski definition) is 4. The molecule has 0 aliphatic carbocycles. The molecule has 0 atom stereocenters. The molecule has 2 aliphatic rings. The van der Waals surface area contributed by atoms with E-state index in [9.17, 15) is 22.8 Å². The molecule has 0 bridgehead atoms. The Kier molecular flexibility index (Phi) is 7.67. The van der Waals surface area contributed by atoms with Crippen molar-refractivity contribution in [3.8, 4) is 0 Å². The Morgan fingerprint density at radius 1 is 0.972 bits per heavy atom. The van der Waals surface area contributed by atoms with Crippen molar-refractivity contribution in [2.45, 2.75) is 37.7 Å². The maximum atomic E-state index is 12.7. The van der Waals surface area contributed by atoms with Crippen LogP contribution in [0.3, 0.4) is 0 Å². The van der Waals surface area contributed by atoms with Gasteiger partial charge in [0.15, 0.2) is 0 Å². The van der Waals surface area contributed by atoms with Crippen LogP contribution in [-0.2, 0) is 28.9 Å². The first kappa shape index (κ1) is 26.1. The molecule has 2 aliphatic heterocycles. The minimum Gasteiger partial charge on any atom is -0.347 e. The van der Waals surface area contributed by atoms with Gasteiger partial charge in [0, 0.05) is 39.0 Å². The summed E-state index contributed by atoms with van der Waals surface area (Å²) in [7, 11) is 0. The Bertz CT molecular complexity index is 1160. The summed E-state index contributed by atoms with van der Waals surface area (Å²) in [5.74, 6) is -0.437. The Labute approximate surface area is 215 Å². The Morgan fingerprint density at radius 3 is 2.25 bits per heavy atom. The van der Waals surface area contributed by atoms with Crippen molar-refractivity contribution in [2.24, 2.45) is 0 Å². The smallest absolute Gasteiger partial charge is 0.347 e. The van der Waals surface area contributed by atoms with Gasteiger partial charge in [0.25, 0.3) is 5.91 Å². The molecule has 3 amide bonds. The molecule has 2 aromatic rings. The molecule has 12 heteroatoms. The minimum absolute atomic E-state index is 0.0652. The molecule has 4 rings (SSSR count). The molecular formula is C24H23Cl2F3N4O3. The summed E-state index contributed by atoms with van der Waals surface area (Å²) in [5, 5.41) is 6.38. The molecule has 2 heterocycles.